The van der Waals surface area contributed by atoms with Gasteiger partial charge in [-0.25, -0.2) is 4.39 Å². The number of rotatable bonds is 6. The monoisotopic (exact) mass is 406 g/mol. The van der Waals surface area contributed by atoms with Crippen LogP contribution in [0.1, 0.15) is 12.8 Å². The average Bonchev–Trinajstić information content (AvgIpc) is 2.96. The Morgan fingerprint density at radius 3 is 2.61 bits per heavy atom. The van der Waals surface area contributed by atoms with Gasteiger partial charge in [-0.2, -0.15) is 0 Å². The minimum absolute atomic E-state index is 0.0508. The summed E-state index contributed by atoms with van der Waals surface area (Å²) in [6.45, 7) is 3.29. The van der Waals surface area contributed by atoms with E-state index in [0.29, 0.717) is 12.3 Å². The summed E-state index contributed by atoms with van der Waals surface area (Å²) >= 11 is 5.93. The van der Waals surface area contributed by atoms with E-state index < -0.39 is 5.82 Å². The molecule has 28 heavy (non-hydrogen) atoms. The first-order chi connectivity index (χ1) is 13.6. The maximum Gasteiger partial charge on any atom is 0.226 e. The minimum Gasteiger partial charge on any atom is -0.497 e. The second kappa shape index (κ2) is 9.64. The average molecular weight is 407 g/mol. The molecule has 2 aromatic rings. The third kappa shape index (κ3) is 5.29. The van der Waals surface area contributed by atoms with Crippen LogP contribution in [0.3, 0.4) is 0 Å². The third-order valence-corrected chi connectivity index (χ3v) is 5.05. The maximum absolute atomic E-state index is 13.1. The van der Waals surface area contributed by atoms with E-state index in [0.717, 1.165) is 37.5 Å². The Kier molecular flexibility index (Phi) is 6.98. The van der Waals surface area contributed by atoms with Crippen molar-refractivity contribution in [3.05, 3.63) is 53.3 Å². The number of hydrogen-bond acceptors (Lipinski definition) is 4. The molecular weight excluding hydrogens is 383 g/mol. The van der Waals surface area contributed by atoms with Crippen LogP contribution in [-0.4, -0.2) is 50.7 Å². The number of carbonyl (C=O) groups excluding carboxylic acids is 1. The van der Waals surface area contributed by atoms with Gasteiger partial charge in [0.15, 0.2) is 0 Å². The van der Waals surface area contributed by atoms with Gasteiger partial charge in [-0.1, -0.05) is 11.6 Å². The van der Waals surface area contributed by atoms with Gasteiger partial charge in [0.05, 0.1) is 25.2 Å². The van der Waals surface area contributed by atoms with Gasteiger partial charge in [-0.05, 0) is 48.9 Å². The van der Waals surface area contributed by atoms with Crippen molar-refractivity contribution in [2.45, 2.75) is 12.8 Å². The molecule has 5 nitrogen and oxygen atoms in total. The number of halogens is 2. The molecule has 3 rings (SSSR count). The second-order valence-electron chi connectivity index (χ2n) is 6.59. The molecular formula is C21H24ClFN2O3. The molecule has 1 fully saturated rings. The molecule has 2 aromatic carbocycles. The van der Waals surface area contributed by atoms with Crippen molar-refractivity contribution in [1.29, 1.82) is 0 Å². The zero-order valence-electron chi connectivity index (χ0n) is 15.9. The van der Waals surface area contributed by atoms with Gasteiger partial charge in [0.2, 0.25) is 5.91 Å². The van der Waals surface area contributed by atoms with Crippen LogP contribution in [0, 0.1) is 5.82 Å². The van der Waals surface area contributed by atoms with E-state index in [1.807, 2.05) is 29.2 Å². The third-order valence-electron chi connectivity index (χ3n) is 4.75. The van der Waals surface area contributed by atoms with Crippen molar-refractivity contribution in [2.24, 2.45) is 0 Å². The van der Waals surface area contributed by atoms with E-state index in [2.05, 4.69) is 4.90 Å². The molecule has 1 aliphatic heterocycles. The van der Waals surface area contributed by atoms with E-state index >= 15 is 0 Å². The summed E-state index contributed by atoms with van der Waals surface area (Å²) in [4.78, 5) is 16.7. The topological polar surface area (TPSA) is 42.0 Å². The van der Waals surface area contributed by atoms with E-state index in [-0.39, 0.29) is 24.0 Å². The molecule has 0 aliphatic carbocycles. The van der Waals surface area contributed by atoms with Gasteiger partial charge in [0.25, 0.3) is 0 Å². The van der Waals surface area contributed by atoms with Crippen LogP contribution >= 0.6 is 11.6 Å². The van der Waals surface area contributed by atoms with Gasteiger partial charge in [0.1, 0.15) is 17.3 Å². The molecule has 1 heterocycles. The van der Waals surface area contributed by atoms with Gasteiger partial charge in [-0.15, -0.1) is 0 Å². The Labute approximate surface area is 169 Å². The van der Waals surface area contributed by atoms with Crippen LogP contribution in [0.2, 0.25) is 5.02 Å². The summed E-state index contributed by atoms with van der Waals surface area (Å²) in [5.74, 6) is 0.850. The first-order valence-electron chi connectivity index (χ1n) is 9.31. The quantitative estimate of drug-likeness (QED) is 0.727. The number of amides is 1. The fourth-order valence-corrected chi connectivity index (χ4v) is 3.44. The summed E-state index contributed by atoms with van der Waals surface area (Å²) in [6, 6.07) is 11.9. The van der Waals surface area contributed by atoms with Crippen molar-refractivity contribution in [2.75, 3.05) is 44.8 Å². The molecule has 0 spiro atoms. The molecule has 150 valence electrons. The van der Waals surface area contributed by atoms with Crippen LogP contribution in [0.15, 0.2) is 42.5 Å². The lowest BCUT2D eigenvalue weighted by molar-refractivity contribution is -0.131. The predicted octanol–water partition coefficient (Wildman–Crippen LogP) is 4.00. The van der Waals surface area contributed by atoms with Crippen molar-refractivity contribution >= 4 is 23.2 Å². The fraction of sp³-hybridized carbons (Fsp3) is 0.381. The van der Waals surface area contributed by atoms with E-state index in [1.165, 1.54) is 18.2 Å². The molecule has 0 unspecified atom stereocenters. The van der Waals surface area contributed by atoms with Gasteiger partial charge >= 0.3 is 0 Å². The molecule has 7 heteroatoms. The van der Waals surface area contributed by atoms with E-state index in [1.54, 1.807) is 7.11 Å². The summed E-state index contributed by atoms with van der Waals surface area (Å²) < 4.78 is 23.8. The number of hydrogen-bond donors (Lipinski definition) is 0. The Morgan fingerprint density at radius 1 is 1.11 bits per heavy atom. The Balaban J connectivity index is 1.48. The normalized spacial score (nSPS) is 14.5. The van der Waals surface area contributed by atoms with Crippen molar-refractivity contribution < 1.29 is 18.7 Å². The minimum atomic E-state index is -0.417. The lowest BCUT2D eigenvalue weighted by Crippen LogP contribution is -2.35. The largest absolute Gasteiger partial charge is 0.497 e. The van der Waals surface area contributed by atoms with Crippen LogP contribution in [0.4, 0.5) is 10.1 Å². The molecule has 0 bridgehead atoms. The van der Waals surface area contributed by atoms with Crippen LogP contribution < -0.4 is 14.4 Å². The van der Waals surface area contributed by atoms with Crippen molar-refractivity contribution in [3.8, 4) is 11.5 Å². The van der Waals surface area contributed by atoms with Crippen LogP contribution in [-0.2, 0) is 4.79 Å². The summed E-state index contributed by atoms with van der Waals surface area (Å²) in [5, 5.41) is 0.206. The summed E-state index contributed by atoms with van der Waals surface area (Å²) in [5.41, 5.74) is 1.13. The lowest BCUT2D eigenvalue weighted by Gasteiger charge is -2.24. The smallest absolute Gasteiger partial charge is 0.226 e. The molecule has 0 radical (unpaired) electrons. The highest BCUT2D eigenvalue weighted by Crippen LogP contribution is 2.25. The van der Waals surface area contributed by atoms with Crippen molar-refractivity contribution in [1.82, 2.24) is 4.90 Å². The highest BCUT2D eigenvalue weighted by molar-refractivity contribution is 6.32. The predicted molar refractivity (Wildman–Crippen MR) is 108 cm³/mol. The molecule has 0 atom stereocenters. The van der Waals surface area contributed by atoms with Crippen molar-refractivity contribution in [3.63, 3.8) is 0 Å². The number of methoxy groups -OCH3 is 1. The summed E-state index contributed by atoms with van der Waals surface area (Å²) in [7, 11) is 1.65. The number of nitrogens with zero attached hydrogens (tertiary/aromatic N) is 2. The van der Waals surface area contributed by atoms with E-state index in [4.69, 9.17) is 21.1 Å². The number of ether oxygens (including phenoxy) is 2. The highest BCUT2D eigenvalue weighted by Gasteiger charge is 2.19. The fourth-order valence-electron chi connectivity index (χ4n) is 3.22. The summed E-state index contributed by atoms with van der Waals surface area (Å²) in [6.07, 6.45) is 1.17. The molecule has 0 saturated carbocycles. The number of benzene rings is 2. The van der Waals surface area contributed by atoms with Crippen LogP contribution in [0.5, 0.6) is 11.5 Å². The first-order valence-corrected chi connectivity index (χ1v) is 9.69. The zero-order valence-corrected chi connectivity index (χ0v) is 16.6. The first kappa shape index (κ1) is 20.3. The Morgan fingerprint density at radius 2 is 1.89 bits per heavy atom. The molecule has 0 aromatic heterocycles. The second-order valence-corrected chi connectivity index (χ2v) is 7.00. The molecule has 1 aliphatic rings. The molecule has 1 amide bonds. The molecule has 1 saturated heterocycles. The Bertz CT molecular complexity index is 801. The number of carbonyl (C=O) groups is 1. The van der Waals surface area contributed by atoms with E-state index in [9.17, 15) is 9.18 Å². The van der Waals surface area contributed by atoms with Gasteiger partial charge in [-0.3, -0.25) is 4.79 Å². The SMILES string of the molecule is COc1ccc(N2CCCN(C(=O)CCOc3ccc(F)cc3Cl)CC2)cc1. The van der Waals surface area contributed by atoms with Gasteiger partial charge in [0, 0.05) is 31.9 Å². The van der Waals surface area contributed by atoms with Crippen LogP contribution in [0.25, 0.3) is 0 Å². The zero-order chi connectivity index (χ0) is 19.9. The standard InChI is InChI=1S/C21H24ClFN2O3/c1-27-18-6-4-17(5-7-18)24-10-2-11-25(13-12-24)21(26)9-14-28-20-8-3-16(23)15-19(20)22/h3-8,15H,2,9-14H2,1H3. The molecule has 0 N–H and O–H groups in total. The number of anilines is 1. The highest BCUT2D eigenvalue weighted by atomic mass is 35.5. The Hall–Kier alpha value is -2.47. The van der Waals surface area contributed by atoms with Gasteiger partial charge < -0.3 is 19.3 Å². The maximum atomic E-state index is 13.1. The lowest BCUT2D eigenvalue weighted by atomic mass is 10.2.